The predicted molar refractivity (Wildman–Crippen MR) is 78.7 cm³/mol. The minimum absolute atomic E-state index is 0.338. The third-order valence-electron chi connectivity index (χ3n) is 2.65. The summed E-state index contributed by atoms with van der Waals surface area (Å²) in [6.45, 7) is 17.1. The van der Waals surface area contributed by atoms with Crippen LogP contribution in [0.2, 0.25) is 6.04 Å². The first-order valence-corrected chi connectivity index (χ1v) is 9.13. The Balaban J connectivity index is 4.63. The normalized spacial score (nSPS) is 14.8. The lowest BCUT2D eigenvalue weighted by Crippen LogP contribution is -2.47. The van der Waals surface area contributed by atoms with Crippen LogP contribution in [0, 0.1) is 11.3 Å². The van der Waals surface area contributed by atoms with Gasteiger partial charge >= 0.3 is 8.80 Å². The fraction of sp³-hybridized carbons (Fsp3) is 1.00. The molecule has 0 spiro atoms. The minimum atomic E-state index is -2.46. The summed E-state index contributed by atoms with van der Waals surface area (Å²) in [7, 11) is -2.46. The molecule has 1 atom stereocenters. The zero-order valence-corrected chi connectivity index (χ0v) is 14.3. The zero-order valence-electron chi connectivity index (χ0n) is 13.3. The van der Waals surface area contributed by atoms with Crippen molar-refractivity contribution >= 4 is 8.80 Å². The molecule has 3 nitrogen and oxygen atoms in total. The monoisotopic (exact) mass is 276 g/mol. The molecule has 0 aliphatic heterocycles. The highest BCUT2D eigenvalue weighted by atomic mass is 28.4. The second-order valence-corrected chi connectivity index (χ2v) is 8.70. The van der Waals surface area contributed by atoms with Crippen LogP contribution in [0.25, 0.3) is 0 Å². The maximum Gasteiger partial charge on any atom is 0.501 e. The quantitative estimate of drug-likeness (QED) is 0.593. The summed E-state index contributed by atoms with van der Waals surface area (Å²) in [4.78, 5) is 0. The Labute approximate surface area is 115 Å². The molecular formula is C14H32O3Si. The second-order valence-electron chi connectivity index (χ2n) is 6.06. The van der Waals surface area contributed by atoms with Crippen LogP contribution >= 0.6 is 0 Å². The maximum absolute atomic E-state index is 5.89. The first-order valence-electron chi connectivity index (χ1n) is 7.20. The second kappa shape index (κ2) is 8.30. The van der Waals surface area contributed by atoms with Gasteiger partial charge in [-0.1, -0.05) is 27.7 Å². The number of rotatable bonds is 9. The van der Waals surface area contributed by atoms with E-state index in [0.717, 1.165) is 12.5 Å². The van der Waals surface area contributed by atoms with E-state index in [1.165, 1.54) is 0 Å². The first-order chi connectivity index (χ1) is 8.28. The highest BCUT2D eigenvalue weighted by molar-refractivity contribution is 6.60. The van der Waals surface area contributed by atoms with E-state index in [1.54, 1.807) is 0 Å². The van der Waals surface area contributed by atoms with E-state index in [1.807, 2.05) is 20.8 Å². The van der Waals surface area contributed by atoms with Crippen LogP contribution in [0.15, 0.2) is 0 Å². The van der Waals surface area contributed by atoms with Crippen molar-refractivity contribution < 1.29 is 13.3 Å². The van der Waals surface area contributed by atoms with Gasteiger partial charge in [-0.15, -0.1) is 0 Å². The molecule has 110 valence electrons. The third kappa shape index (κ3) is 7.51. The molecule has 0 aliphatic rings. The number of hydrogen-bond donors (Lipinski definition) is 0. The fourth-order valence-corrected chi connectivity index (χ4v) is 5.43. The zero-order chi connectivity index (χ0) is 14.2. The maximum atomic E-state index is 5.89. The molecule has 0 aromatic rings. The van der Waals surface area contributed by atoms with Gasteiger partial charge in [-0.3, -0.25) is 0 Å². The molecule has 0 aromatic heterocycles. The van der Waals surface area contributed by atoms with E-state index in [4.69, 9.17) is 13.3 Å². The van der Waals surface area contributed by atoms with Crippen LogP contribution in [0.4, 0.5) is 0 Å². The molecule has 0 rings (SSSR count). The highest BCUT2D eigenvalue weighted by Crippen LogP contribution is 2.31. The van der Waals surface area contributed by atoms with Gasteiger partial charge in [-0.05, 0) is 38.5 Å². The SMILES string of the molecule is CCO[Si](C[C@@H](C)CC(C)(C)C)(OCC)OCC. The molecule has 0 radical (unpaired) electrons. The first kappa shape index (κ1) is 18.1. The van der Waals surface area contributed by atoms with Crippen LogP contribution in [-0.2, 0) is 13.3 Å². The summed E-state index contributed by atoms with van der Waals surface area (Å²) in [5.41, 5.74) is 0.338. The van der Waals surface area contributed by atoms with Crippen molar-refractivity contribution in [1.29, 1.82) is 0 Å². The van der Waals surface area contributed by atoms with Crippen LogP contribution in [0.1, 0.15) is 54.9 Å². The molecule has 0 aromatic carbocycles. The van der Waals surface area contributed by atoms with Crippen LogP contribution in [0.5, 0.6) is 0 Å². The predicted octanol–water partition coefficient (Wildman–Crippen LogP) is 4.11. The summed E-state index contributed by atoms with van der Waals surface area (Å²) >= 11 is 0. The van der Waals surface area contributed by atoms with Crippen molar-refractivity contribution in [3.05, 3.63) is 0 Å². The van der Waals surface area contributed by atoms with Crippen LogP contribution < -0.4 is 0 Å². The largest absolute Gasteiger partial charge is 0.501 e. The van der Waals surface area contributed by atoms with E-state index in [-0.39, 0.29) is 0 Å². The van der Waals surface area contributed by atoms with Gasteiger partial charge in [0.2, 0.25) is 0 Å². The molecule has 0 heterocycles. The average Bonchev–Trinajstić information content (AvgIpc) is 2.15. The van der Waals surface area contributed by atoms with Gasteiger partial charge in [-0.25, -0.2) is 0 Å². The van der Waals surface area contributed by atoms with Gasteiger partial charge in [0.15, 0.2) is 0 Å². The molecule has 4 heteroatoms. The van der Waals surface area contributed by atoms with Gasteiger partial charge in [-0.2, -0.15) is 0 Å². The van der Waals surface area contributed by atoms with Gasteiger partial charge in [0.1, 0.15) is 0 Å². The van der Waals surface area contributed by atoms with E-state index in [0.29, 0.717) is 31.2 Å². The lowest BCUT2D eigenvalue weighted by molar-refractivity contribution is 0.0659. The molecule has 0 unspecified atom stereocenters. The molecule has 0 saturated heterocycles. The van der Waals surface area contributed by atoms with Crippen LogP contribution in [0.3, 0.4) is 0 Å². The molecule has 0 saturated carbocycles. The number of hydrogen-bond acceptors (Lipinski definition) is 3. The van der Waals surface area contributed by atoms with Crippen molar-refractivity contribution in [3.63, 3.8) is 0 Å². The van der Waals surface area contributed by atoms with E-state index >= 15 is 0 Å². The molecule has 0 aliphatic carbocycles. The summed E-state index contributed by atoms with van der Waals surface area (Å²) in [6, 6.07) is 0.916. The standard InChI is InChI=1S/C14H32O3Si/c1-8-15-18(16-9-2,17-10-3)12-13(4)11-14(5,6)7/h13H,8-12H2,1-7H3/t13-/m0/s1. The van der Waals surface area contributed by atoms with Gasteiger partial charge < -0.3 is 13.3 Å². The summed E-state index contributed by atoms with van der Waals surface area (Å²) in [5, 5.41) is 0. The van der Waals surface area contributed by atoms with Gasteiger partial charge in [0, 0.05) is 25.9 Å². The molecule has 0 fully saturated rings. The lowest BCUT2D eigenvalue weighted by Gasteiger charge is -2.32. The smallest absolute Gasteiger partial charge is 0.374 e. The van der Waals surface area contributed by atoms with Crippen molar-refractivity contribution in [2.45, 2.75) is 60.9 Å². The Morgan fingerprint density at radius 3 is 1.56 bits per heavy atom. The third-order valence-corrected chi connectivity index (χ3v) is 6.03. The Morgan fingerprint density at radius 2 is 1.28 bits per heavy atom. The summed E-state index contributed by atoms with van der Waals surface area (Å²) in [5.74, 6) is 0.557. The molecular weight excluding hydrogens is 244 g/mol. The van der Waals surface area contributed by atoms with Crippen LogP contribution in [-0.4, -0.2) is 28.6 Å². The summed E-state index contributed by atoms with van der Waals surface area (Å²) < 4.78 is 17.7. The van der Waals surface area contributed by atoms with Gasteiger partial charge in [0.05, 0.1) is 0 Å². The topological polar surface area (TPSA) is 27.7 Å². The van der Waals surface area contributed by atoms with E-state index in [9.17, 15) is 0 Å². The lowest BCUT2D eigenvalue weighted by atomic mass is 9.86. The molecule has 0 N–H and O–H groups in total. The van der Waals surface area contributed by atoms with Crippen molar-refractivity contribution in [1.82, 2.24) is 0 Å². The molecule has 18 heavy (non-hydrogen) atoms. The average molecular weight is 276 g/mol. The van der Waals surface area contributed by atoms with E-state index < -0.39 is 8.80 Å². The van der Waals surface area contributed by atoms with Crippen molar-refractivity contribution in [2.24, 2.45) is 11.3 Å². The molecule has 0 bridgehead atoms. The van der Waals surface area contributed by atoms with E-state index in [2.05, 4.69) is 27.7 Å². The molecule has 0 amide bonds. The Bertz CT molecular complexity index is 197. The Kier molecular flexibility index (Phi) is 8.35. The summed E-state index contributed by atoms with van der Waals surface area (Å²) in [6.07, 6.45) is 1.16. The Hall–Kier alpha value is 0.0969. The van der Waals surface area contributed by atoms with Crippen molar-refractivity contribution in [2.75, 3.05) is 19.8 Å². The Morgan fingerprint density at radius 1 is 0.889 bits per heavy atom. The van der Waals surface area contributed by atoms with Gasteiger partial charge in [0.25, 0.3) is 0 Å². The fourth-order valence-electron chi connectivity index (χ4n) is 2.51. The highest BCUT2D eigenvalue weighted by Gasteiger charge is 2.42. The van der Waals surface area contributed by atoms with Crippen molar-refractivity contribution in [3.8, 4) is 0 Å². The minimum Gasteiger partial charge on any atom is -0.374 e.